The smallest absolute Gasteiger partial charge is 0.355 e. The fraction of sp³-hybridized carbons (Fsp3) is 0.375. The number of rotatable bonds is 2. The van der Waals surface area contributed by atoms with E-state index in [4.69, 9.17) is 0 Å². The third-order valence-corrected chi connectivity index (χ3v) is 2.81. The highest BCUT2D eigenvalue weighted by molar-refractivity contribution is 7.89. The molecule has 0 bridgehead atoms. The summed E-state index contributed by atoms with van der Waals surface area (Å²) in [6.07, 6.45) is 2.36. The third kappa shape index (κ3) is 1.79. The van der Waals surface area contributed by atoms with E-state index in [1.54, 1.807) is 13.0 Å². The molecule has 1 heterocycles. The molecule has 0 fully saturated rings. The van der Waals surface area contributed by atoms with Gasteiger partial charge < -0.3 is 4.74 Å². The molecule has 0 aliphatic carbocycles. The standard InChI is InChI=1S/C8H11NO4S/c1-6-4-5-9(14(3,11)12)7(6)8(10)13-2/h4-5H,1-3H3. The van der Waals surface area contributed by atoms with Crippen molar-refractivity contribution in [1.29, 1.82) is 0 Å². The molecular weight excluding hydrogens is 206 g/mol. The molecule has 0 aromatic carbocycles. The highest BCUT2D eigenvalue weighted by atomic mass is 32.2. The summed E-state index contributed by atoms with van der Waals surface area (Å²) >= 11 is 0. The van der Waals surface area contributed by atoms with Gasteiger partial charge in [0.05, 0.1) is 13.4 Å². The lowest BCUT2D eigenvalue weighted by molar-refractivity contribution is 0.0592. The first kappa shape index (κ1) is 10.8. The Hall–Kier alpha value is -1.30. The van der Waals surface area contributed by atoms with Crippen LogP contribution in [0, 0.1) is 6.92 Å². The van der Waals surface area contributed by atoms with Crippen LogP contribution in [-0.4, -0.2) is 31.7 Å². The van der Waals surface area contributed by atoms with Gasteiger partial charge in [0.25, 0.3) is 0 Å². The topological polar surface area (TPSA) is 65.4 Å². The zero-order valence-corrected chi connectivity index (χ0v) is 8.96. The third-order valence-electron chi connectivity index (χ3n) is 1.79. The van der Waals surface area contributed by atoms with Crippen LogP contribution < -0.4 is 0 Å². The quantitative estimate of drug-likeness (QED) is 0.672. The van der Waals surface area contributed by atoms with Crippen molar-refractivity contribution in [3.63, 3.8) is 0 Å². The number of esters is 1. The van der Waals surface area contributed by atoms with Crippen molar-refractivity contribution < 1.29 is 17.9 Å². The highest BCUT2D eigenvalue weighted by Crippen LogP contribution is 2.13. The van der Waals surface area contributed by atoms with Crippen LogP contribution in [0.1, 0.15) is 16.1 Å². The Bertz CT molecular complexity index is 458. The maximum absolute atomic E-state index is 11.3. The van der Waals surface area contributed by atoms with Crippen molar-refractivity contribution in [3.05, 3.63) is 23.5 Å². The molecule has 1 aromatic heterocycles. The Morgan fingerprint density at radius 2 is 2.07 bits per heavy atom. The lowest BCUT2D eigenvalue weighted by atomic mass is 10.3. The minimum Gasteiger partial charge on any atom is -0.464 e. The molecule has 0 aliphatic rings. The van der Waals surface area contributed by atoms with E-state index in [0.29, 0.717) is 5.56 Å². The van der Waals surface area contributed by atoms with Gasteiger partial charge in [0.1, 0.15) is 5.69 Å². The Balaban J connectivity index is 3.42. The summed E-state index contributed by atoms with van der Waals surface area (Å²) in [5, 5.41) is 0. The van der Waals surface area contributed by atoms with Crippen LogP contribution in [0.2, 0.25) is 0 Å². The lowest BCUT2D eigenvalue weighted by Gasteiger charge is -2.05. The zero-order chi connectivity index (χ0) is 10.9. The van der Waals surface area contributed by atoms with E-state index in [-0.39, 0.29) is 5.69 Å². The molecule has 14 heavy (non-hydrogen) atoms. The van der Waals surface area contributed by atoms with Crippen molar-refractivity contribution in [1.82, 2.24) is 3.97 Å². The van der Waals surface area contributed by atoms with Crippen LogP contribution in [0.4, 0.5) is 0 Å². The van der Waals surface area contributed by atoms with E-state index in [2.05, 4.69) is 4.74 Å². The largest absolute Gasteiger partial charge is 0.464 e. The van der Waals surface area contributed by atoms with Crippen LogP contribution in [0.3, 0.4) is 0 Å². The Morgan fingerprint density at radius 3 is 2.50 bits per heavy atom. The van der Waals surface area contributed by atoms with Crippen LogP contribution in [0.25, 0.3) is 0 Å². The van der Waals surface area contributed by atoms with Gasteiger partial charge >= 0.3 is 5.97 Å². The fourth-order valence-corrected chi connectivity index (χ4v) is 1.96. The van der Waals surface area contributed by atoms with Gasteiger partial charge in [0.2, 0.25) is 10.0 Å². The fourth-order valence-electron chi connectivity index (χ4n) is 1.13. The van der Waals surface area contributed by atoms with Gasteiger partial charge in [-0.15, -0.1) is 0 Å². The monoisotopic (exact) mass is 217 g/mol. The molecule has 0 N–H and O–H groups in total. The first-order valence-electron chi connectivity index (χ1n) is 3.84. The summed E-state index contributed by atoms with van der Waals surface area (Å²) < 4.78 is 27.9. The van der Waals surface area contributed by atoms with E-state index in [1.165, 1.54) is 13.3 Å². The second-order valence-corrected chi connectivity index (χ2v) is 4.76. The minimum atomic E-state index is -3.45. The number of aromatic nitrogens is 1. The van der Waals surface area contributed by atoms with Gasteiger partial charge in [-0.05, 0) is 18.6 Å². The lowest BCUT2D eigenvalue weighted by Crippen LogP contribution is -2.17. The van der Waals surface area contributed by atoms with Gasteiger partial charge in [0.15, 0.2) is 0 Å². The molecule has 0 amide bonds. The molecule has 0 atom stereocenters. The van der Waals surface area contributed by atoms with Crippen LogP contribution in [0.5, 0.6) is 0 Å². The minimum absolute atomic E-state index is 0.0509. The molecule has 0 unspecified atom stereocenters. The molecule has 6 heteroatoms. The molecule has 0 aliphatic heterocycles. The molecule has 1 rings (SSSR count). The number of hydrogen-bond acceptors (Lipinski definition) is 4. The van der Waals surface area contributed by atoms with Crippen molar-refractivity contribution in [3.8, 4) is 0 Å². The summed E-state index contributed by atoms with van der Waals surface area (Å²) in [6, 6.07) is 1.55. The second kappa shape index (κ2) is 3.45. The van der Waals surface area contributed by atoms with E-state index in [9.17, 15) is 13.2 Å². The Labute approximate surface area is 82.3 Å². The highest BCUT2D eigenvalue weighted by Gasteiger charge is 2.20. The molecular formula is C8H11NO4S. The Kier molecular flexibility index (Phi) is 2.66. The number of hydrogen-bond donors (Lipinski definition) is 0. The van der Waals surface area contributed by atoms with Crippen LogP contribution in [0.15, 0.2) is 12.3 Å². The summed E-state index contributed by atoms with van der Waals surface area (Å²) in [7, 11) is -2.24. The summed E-state index contributed by atoms with van der Waals surface area (Å²) in [5.74, 6) is -0.655. The van der Waals surface area contributed by atoms with Gasteiger partial charge in [-0.3, -0.25) is 0 Å². The van der Waals surface area contributed by atoms with Crippen LogP contribution in [-0.2, 0) is 14.8 Å². The molecule has 0 spiro atoms. The normalized spacial score (nSPS) is 11.4. The van der Waals surface area contributed by atoms with E-state index >= 15 is 0 Å². The summed E-state index contributed by atoms with van der Waals surface area (Å²) in [4.78, 5) is 11.3. The van der Waals surface area contributed by atoms with Crippen LogP contribution >= 0.6 is 0 Å². The van der Waals surface area contributed by atoms with E-state index < -0.39 is 16.0 Å². The van der Waals surface area contributed by atoms with Gasteiger partial charge in [-0.1, -0.05) is 0 Å². The summed E-state index contributed by atoms with van der Waals surface area (Å²) in [5.41, 5.74) is 0.622. The maximum atomic E-state index is 11.3. The molecule has 0 saturated heterocycles. The summed E-state index contributed by atoms with van der Waals surface area (Å²) in [6.45, 7) is 1.65. The first-order valence-corrected chi connectivity index (χ1v) is 5.69. The van der Waals surface area contributed by atoms with E-state index in [1.807, 2.05) is 0 Å². The van der Waals surface area contributed by atoms with E-state index in [0.717, 1.165) is 10.2 Å². The van der Waals surface area contributed by atoms with Crippen molar-refractivity contribution in [2.45, 2.75) is 6.92 Å². The van der Waals surface area contributed by atoms with Crippen molar-refractivity contribution >= 4 is 16.0 Å². The second-order valence-electron chi connectivity index (χ2n) is 2.90. The van der Waals surface area contributed by atoms with Gasteiger partial charge in [-0.2, -0.15) is 0 Å². The number of nitrogens with zero attached hydrogens (tertiary/aromatic N) is 1. The van der Waals surface area contributed by atoms with Crippen molar-refractivity contribution in [2.75, 3.05) is 13.4 Å². The maximum Gasteiger partial charge on any atom is 0.355 e. The number of methoxy groups -OCH3 is 1. The predicted octanol–water partition coefficient (Wildman–Crippen LogP) is 0.391. The van der Waals surface area contributed by atoms with Gasteiger partial charge in [-0.25, -0.2) is 17.2 Å². The number of aryl methyl sites for hydroxylation is 1. The van der Waals surface area contributed by atoms with Crippen molar-refractivity contribution in [2.24, 2.45) is 0 Å². The molecule has 0 radical (unpaired) electrons. The number of carbonyl (C=O) groups is 1. The molecule has 0 saturated carbocycles. The Morgan fingerprint density at radius 1 is 1.50 bits per heavy atom. The predicted molar refractivity (Wildman–Crippen MR) is 50.8 cm³/mol. The van der Waals surface area contributed by atoms with Gasteiger partial charge in [0, 0.05) is 6.20 Å². The average molecular weight is 217 g/mol. The average Bonchev–Trinajstić information content (AvgIpc) is 2.45. The molecule has 78 valence electrons. The zero-order valence-electron chi connectivity index (χ0n) is 8.14. The number of ether oxygens (including phenoxy) is 1. The first-order chi connectivity index (χ1) is 6.38. The molecule has 1 aromatic rings. The SMILES string of the molecule is COC(=O)c1c(C)ccn1S(C)(=O)=O. The number of carbonyl (C=O) groups excluding carboxylic acids is 1. The molecule has 5 nitrogen and oxygen atoms in total.